The van der Waals surface area contributed by atoms with Crippen molar-refractivity contribution in [2.75, 3.05) is 7.11 Å². The fourth-order valence-corrected chi connectivity index (χ4v) is 1.77. The van der Waals surface area contributed by atoms with E-state index in [4.69, 9.17) is 4.74 Å². The summed E-state index contributed by atoms with van der Waals surface area (Å²) in [5, 5.41) is 10.0. The third-order valence-corrected chi connectivity index (χ3v) is 2.84. The van der Waals surface area contributed by atoms with Crippen LogP contribution in [0.25, 0.3) is 0 Å². The van der Waals surface area contributed by atoms with Gasteiger partial charge in [-0.1, -0.05) is 31.2 Å². The minimum Gasteiger partial charge on any atom is -0.497 e. The van der Waals surface area contributed by atoms with Gasteiger partial charge in [0.1, 0.15) is 12.0 Å². The molecule has 0 heterocycles. The van der Waals surface area contributed by atoms with Crippen molar-refractivity contribution in [3.63, 3.8) is 0 Å². The van der Waals surface area contributed by atoms with E-state index >= 15 is 0 Å². The number of hydrogen-bond acceptors (Lipinski definition) is 3. The van der Waals surface area contributed by atoms with Gasteiger partial charge >= 0.3 is 0 Å². The first kappa shape index (κ1) is 14.5. The molecule has 3 heteroatoms. The molecule has 0 amide bonds. The van der Waals surface area contributed by atoms with Gasteiger partial charge in [0.15, 0.2) is 0 Å². The van der Waals surface area contributed by atoms with Crippen molar-refractivity contribution in [1.82, 2.24) is 0 Å². The quantitative estimate of drug-likeness (QED) is 0.596. The van der Waals surface area contributed by atoms with E-state index < -0.39 is 12.0 Å². The Morgan fingerprint density at radius 1 is 1.28 bits per heavy atom. The second-order valence-electron chi connectivity index (χ2n) is 4.12. The van der Waals surface area contributed by atoms with Gasteiger partial charge in [0.2, 0.25) is 0 Å². The molecule has 0 saturated carbocycles. The third kappa shape index (κ3) is 4.00. The van der Waals surface area contributed by atoms with Gasteiger partial charge in [-0.15, -0.1) is 0 Å². The van der Waals surface area contributed by atoms with E-state index in [2.05, 4.69) is 0 Å². The summed E-state index contributed by atoms with van der Waals surface area (Å²) in [6.45, 7) is 2.03. The van der Waals surface area contributed by atoms with Crippen molar-refractivity contribution in [3.8, 4) is 5.75 Å². The number of carbonyl (C=O) groups is 1. The molecule has 1 aromatic carbocycles. The molecule has 3 nitrogen and oxygen atoms in total. The Balaban J connectivity index is 2.74. The lowest BCUT2D eigenvalue weighted by atomic mass is 9.93. The van der Waals surface area contributed by atoms with Gasteiger partial charge in [-0.25, -0.2) is 0 Å². The van der Waals surface area contributed by atoms with Crippen LogP contribution in [0.1, 0.15) is 31.2 Å². The molecular weight excluding hydrogens is 228 g/mol. The predicted octanol–water partition coefficient (Wildman–Crippen LogP) is 2.69. The molecule has 2 unspecified atom stereocenters. The second kappa shape index (κ2) is 7.67. The van der Waals surface area contributed by atoms with E-state index in [1.54, 1.807) is 19.2 Å². The first-order valence-electron chi connectivity index (χ1n) is 6.15. The number of benzene rings is 1. The lowest BCUT2D eigenvalue weighted by Crippen LogP contribution is -2.19. The fraction of sp³-hybridized carbons (Fsp3) is 0.400. The SMILES string of the molecule is CC/C=C\CC(O)C(C=O)c1ccc(OC)cc1. The van der Waals surface area contributed by atoms with Crippen LogP contribution in [0.5, 0.6) is 5.75 Å². The van der Waals surface area contributed by atoms with E-state index in [0.29, 0.717) is 6.42 Å². The predicted molar refractivity (Wildman–Crippen MR) is 71.9 cm³/mol. The summed E-state index contributed by atoms with van der Waals surface area (Å²) in [7, 11) is 1.59. The Kier molecular flexibility index (Phi) is 6.15. The molecule has 0 fully saturated rings. The van der Waals surface area contributed by atoms with Crippen LogP contribution >= 0.6 is 0 Å². The molecule has 0 bridgehead atoms. The van der Waals surface area contributed by atoms with Gasteiger partial charge in [0.25, 0.3) is 0 Å². The molecule has 1 rings (SSSR count). The maximum Gasteiger partial charge on any atom is 0.130 e. The summed E-state index contributed by atoms with van der Waals surface area (Å²) in [6.07, 6.45) is 5.43. The molecule has 2 atom stereocenters. The number of ether oxygens (including phenoxy) is 1. The zero-order valence-corrected chi connectivity index (χ0v) is 10.9. The van der Waals surface area contributed by atoms with Crippen molar-refractivity contribution < 1.29 is 14.6 Å². The van der Waals surface area contributed by atoms with Crippen molar-refractivity contribution in [3.05, 3.63) is 42.0 Å². The summed E-state index contributed by atoms with van der Waals surface area (Å²) in [6, 6.07) is 7.20. The largest absolute Gasteiger partial charge is 0.497 e. The number of aldehydes is 1. The number of aliphatic hydroxyl groups excluding tert-OH is 1. The second-order valence-corrected chi connectivity index (χ2v) is 4.12. The monoisotopic (exact) mass is 248 g/mol. The summed E-state index contributed by atoms with van der Waals surface area (Å²) in [4.78, 5) is 11.1. The van der Waals surface area contributed by atoms with Gasteiger partial charge in [-0.2, -0.15) is 0 Å². The van der Waals surface area contributed by atoms with Crippen LogP contribution in [-0.4, -0.2) is 24.6 Å². The van der Waals surface area contributed by atoms with E-state index in [1.165, 1.54) is 0 Å². The van der Waals surface area contributed by atoms with Gasteiger partial charge in [-0.3, -0.25) is 0 Å². The van der Waals surface area contributed by atoms with Crippen LogP contribution in [0.3, 0.4) is 0 Å². The van der Waals surface area contributed by atoms with Crippen LogP contribution in [0.2, 0.25) is 0 Å². The Morgan fingerprint density at radius 2 is 1.94 bits per heavy atom. The van der Waals surface area contributed by atoms with E-state index in [9.17, 15) is 9.90 Å². The molecule has 0 aliphatic rings. The standard InChI is InChI=1S/C15H20O3/c1-3-4-5-6-15(17)14(11-16)12-7-9-13(18-2)10-8-12/h4-5,7-11,14-15,17H,3,6H2,1-2H3/b5-4-. The zero-order chi connectivity index (χ0) is 13.4. The molecule has 98 valence electrons. The maximum absolute atomic E-state index is 11.1. The smallest absolute Gasteiger partial charge is 0.130 e. The van der Waals surface area contributed by atoms with Crippen molar-refractivity contribution in [2.45, 2.75) is 31.8 Å². The van der Waals surface area contributed by atoms with Crippen LogP contribution in [-0.2, 0) is 4.79 Å². The van der Waals surface area contributed by atoms with Gasteiger partial charge < -0.3 is 14.6 Å². The molecule has 0 radical (unpaired) electrons. The van der Waals surface area contributed by atoms with Crippen LogP contribution in [0, 0.1) is 0 Å². The topological polar surface area (TPSA) is 46.5 Å². The highest BCUT2D eigenvalue weighted by molar-refractivity contribution is 5.63. The lowest BCUT2D eigenvalue weighted by molar-refractivity contribution is -0.111. The molecule has 0 aliphatic heterocycles. The van der Waals surface area contributed by atoms with Crippen LogP contribution < -0.4 is 4.74 Å². The van der Waals surface area contributed by atoms with Crippen molar-refractivity contribution in [2.24, 2.45) is 0 Å². The molecule has 18 heavy (non-hydrogen) atoms. The summed E-state index contributed by atoms with van der Waals surface area (Å²) < 4.78 is 5.06. The first-order chi connectivity index (χ1) is 8.72. The van der Waals surface area contributed by atoms with Crippen LogP contribution in [0.15, 0.2) is 36.4 Å². The molecule has 0 spiro atoms. The zero-order valence-electron chi connectivity index (χ0n) is 10.9. The highest BCUT2D eigenvalue weighted by atomic mass is 16.5. The Morgan fingerprint density at radius 3 is 2.44 bits per heavy atom. The highest BCUT2D eigenvalue weighted by Crippen LogP contribution is 2.22. The normalized spacial score (nSPS) is 14.4. The molecule has 0 saturated heterocycles. The van der Waals surface area contributed by atoms with E-state index in [-0.39, 0.29) is 0 Å². The number of methoxy groups -OCH3 is 1. The lowest BCUT2D eigenvalue weighted by Gasteiger charge is -2.16. The number of allylic oxidation sites excluding steroid dienone is 1. The maximum atomic E-state index is 11.1. The van der Waals surface area contributed by atoms with E-state index in [0.717, 1.165) is 24.0 Å². The van der Waals surface area contributed by atoms with Gasteiger partial charge in [0.05, 0.1) is 19.1 Å². The van der Waals surface area contributed by atoms with Crippen molar-refractivity contribution >= 4 is 6.29 Å². The van der Waals surface area contributed by atoms with Crippen LogP contribution in [0.4, 0.5) is 0 Å². The van der Waals surface area contributed by atoms with Gasteiger partial charge in [-0.05, 0) is 30.5 Å². The fourth-order valence-electron chi connectivity index (χ4n) is 1.77. The van der Waals surface area contributed by atoms with E-state index in [1.807, 2.05) is 31.2 Å². The Labute approximate surface area is 108 Å². The summed E-state index contributed by atoms with van der Waals surface area (Å²) >= 11 is 0. The molecule has 1 aromatic rings. The average molecular weight is 248 g/mol. The molecule has 1 N–H and O–H groups in total. The van der Waals surface area contributed by atoms with Crippen molar-refractivity contribution in [1.29, 1.82) is 0 Å². The Bertz CT molecular complexity index is 381. The average Bonchev–Trinajstić information content (AvgIpc) is 2.41. The minimum atomic E-state index is -0.682. The summed E-state index contributed by atoms with van der Waals surface area (Å²) in [5.41, 5.74) is 0.809. The Hall–Kier alpha value is -1.61. The number of carbonyl (C=O) groups excluding carboxylic acids is 1. The van der Waals surface area contributed by atoms with Gasteiger partial charge in [0, 0.05) is 0 Å². The number of hydrogen-bond donors (Lipinski definition) is 1. The number of aliphatic hydroxyl groups is 1. The summed E-state index contributed by atoms with van der Waals surface area (Å²) in [5.74, 6) is 0.251. The highest BCUT2D eigenvalue weighted by Gasteiger charge is 2.19. The molecular formula is C15H20O3. The number of rotatable bonds is 7. The molecule has 0 aliphatic carbocycles. The first-order valence-corrected chi connectivity index (χ1v) is 6.15. The third-order valence-electron chi connectivity index (χ3n) is 2.84. The minimum absolute atomic E-state index is 0.489. The molecule has 0 aromatic heterocycles.